The Morgan fingerprint density at radius 2 is 1.39 bits per heavy atom. The van der Waals surface area contributed by atoms with Crippen molar-refractivity contribution in [3.8, 4) is 0 Å². The molecule has 0 saturated heterocycles. The highest BCUT2D eigenvalue weighted by molar-refractivity contribution is 5.84. The molecule has 3 N–H and O–H groups in total. The largest absolute Gasteiger partial charge is 0.480 e. The maximum Gasteiger partial charge on any atom is 0.325 e. The molecule has 0 spiro atoms. The molecule has 5 aliphatic carbocycles. The third-order valence-electron chi connectivity index (χ3n) is 17.9. The molecule has 8 nitrogen and oxygen atoms in total. The molecule has 0 aromatic rings. The van der Waals surface area contributed by atoms with Gasteiger partial charge in [0.2, 0.25) is 11.8 Å². The van der Waals surface area contributed by atoms with Crippen LogP contribution in [0.5, 0.6) is 0 Å². The van der Waals surface area contributed by atoms with Gasteiger partial charge in [-0.1, -0.05) is 125 Å². The Hall–Kier alpha value is -2.38. The molecule has 8 heteroatoms. The van der Waals surface area contributed by atoms with E-state index in [0.717, 1.165) is 83.5 Å². The van der Waals surface area contributed by atoms with Crippen LogP contribution in [0.2, 0.25) is 0 Å². The van der Waals surface area contributed by atoms with Gasteiger partial charge in [-0.3, -0.25) is 19.2 Å². The van der Waals surface area contributed by atoms with Gasteiger partial charge in [0.15, 0.2) is 0 Å². The van der Waals surface area contributed by atoms with E-state index in [1.165, 1.54) is 58.3 Å². The fourth-order valence-corrected chi connectivity index (χ4v) is 14.0. The summed E-state index contributed by atoms with van der Waals surface area (Å²) in [7, 11) is 0. The van der Waals surface area contributed by atoms with E-state index >= 15 is 0 Å². The summed E-state index contributed by atoms with van der Waals surface area (Å²) in [5.41, 5.74) is 1.63. The van der Waals surface area contributed by atoms with E-state index < -0.39 is 12.0 Å². The van der Waals surface area contributed by atoms with Crippen molar-refractivity contribution in [1.82, 2.24) is 10.6 Å². The first-order valence-electron chi connectivity index (χ1n) is 24.5. The predicted octanol–water partition coefficient (Wildman–Crippen LogP) is 11.9. The van der Waals surface area contributed by atoms with Crippen molar-refractivity contribution in [2.75, 3.05) is 6.54 Å². The summed E-state index contributed by atoms with van der Waals surface area (Å²) >= 11 is 0. The quantitative estimate of drug-likeness (QED) is 0.0639. The van der Waals surface area contributed by atoms with Crippen LogP contribution in [-0.2, 0) is 23.9 Å². The second-order valence-corrected chi connectivity index (χ2v) is 22.5. The van der Waals surface area contributed by atoms with E-state index in [2.05, 4.69) is 72.1 Å². The number of allylic oxidation sites excluding steroid dienone is 2. The molecule has 9 atom stereocenters. The molecular weight excluding hydrogens is 737 g/mol. The first-order chi connectivity index (χ1) is 27.8. The van der Waals surface area contributed by atoms with E-state index in [0.29, 0.717) is 37.6 Å². The molecule has 5 rings (SSSR count). The van der Waals surface area contributed by atoms with Crippen LogP contribution in [0, 0.1) is 50.2 Å². The lowest BCUT2D eigenvalue weighted by molar-refractivity contribution is -0.213. The number of ether oxygens (including phenoxy) is 1. The Balaban J connectivity index is 1.22. The number of carbonyl (C=O) groups is 4. The number of fused-ring (bicyclic) bond motifs is 7. The normalized spacial score (nSPS) is 34.8. The highest BCUT2D eigenvalue weighted by Crippen LogP contribution is 2.76. The monoisotopic (exact) mass is 823 g/mol. The van der Waals surface area contributed by atoms with Crippen LogP contribution in [0.3, 0.4) is 0 Å². The van der Waals surface area contributed by atoms with Crippen LogP contribution < -0.4 is 10.6 Å². The Labute approximate surface area is 359 Å². The van der Waals surface area contributed by atoms with Crippen LogP contribution in [0.25, 0.3) is 0 Å². The molecule has 0 radical (unpaired) electrons. The van der Waals surface area contributed by atoms with Gasteiger partial charge >= 0.3 is 11.9 Å². The number of aliphatic carboxylic acids is 1. The molecule has 336 valence electrons. The fourth-order valence-electron chi connectivity index (χ4n) is 14.0. The number of nitrogens with one attached hydrogen (secondary N) is 2. The Morgan fingerprint density at radius 1 is 0.763 bits per heavy atom. The molecule has 0 aromatic heterocycles. The molecule has 4 saturated carbocycles. The highest BCUT2D eigenvalue weighted by atomic mass is 16.5. The number of unbranched alkanes of at least 4 members (excludes halogenated alkanes) is 10. The number of esters is 1. The number of amides is 2. The average Bonchev–Trinajstić information content (AvgIpc) is 3.16. The standard InChI is InChI=1S/C51H86N2O6/c1-10-11-12-13-14-15-16-17-20-23-43(55)59-41-27-28-48(7)39(47(41,5)6)26-29-50(9)40(48)25-24-37-38-35-46(3,4)30-32-51(38,33-31-49(37,50)8)45(58)52-34-21-18-19-22-42(54)53-36(2)44(56)57/h24,36,38-41H,10-23,25-35H2,1-9H3,(H,52,58)(H,53,54)(H,56,57)/t36-,38-,39-,40+,41-,48-,49+,50+,51-/m0/s1. The topological polar surface area (TPSA) is 122 Å². The maximum atomic E-state index is 14.5. The van der Waals surface area contributed by atoms with E-state index in [1.807, 2.05) is 0 Å². The summed E-state index contributed by atoms with van der Waals surface area (Å²) in [5.74, 6) is 0.246. The third kappa shape index (κ3) is 9.97. The Kier molecular flexibility index (Phi) is 15.6. The zero-order valence-corrected chi connectivity index (χ0v) is 39.1. The minimum Gasteiger partial charge on any atom is -0.480 e. The first kappa shape index (κ1) is 47.7. The predicted molar refractivity (Wildman–Crippen MR) is 237 cm³/mol. The van der Waals surface area contributed by atoms with Gasteiger partial charge in [-0.05, 0) is 130 Å². The molecule has 0 bridgehead atoms. The fraction of sp³-hybridized carbons (Fsp3) is 0.882. The van der Waals surface area contributed by atoms with Gasteiger partial charge in [-0.15, -0.1) is 0 Å². The molecular formula is C51H86N2O6. The van der Waals surface area contributed by atoms with E-state index in [9.17, 15) is 19.2 Å². The number of hydrogen-bond acceptors (Lipinski definition) is 5. The SMILES string of the molecule is CCCCCCCCCCCC(=O)O[C@H]1CC[C@]2(C)[C@H]3CC=C4[C@@H]5CC(C)(C)CC[C@]5(C(=O)NCCCCCC(=O)N[C@@H](C)C(=O)O)CC[C@@]4(C)[C@]3(C)CC[C@H]2C1(C)C. The van der Waals surface area contributed by atoms with E-state index in [4.69, 9.17) is 9.84 Å². The van der Waals surface area contributed by atoms with Gasteiger partial charge in [-0.25, -0.2) is 0 Å². The molecule has 0 aliphatic heterocycles. The lowest BCUT2D eigenvalue weighted by atomic mass is 9.33. The number of rotatable bonds is 20. The lowest BCUT2D eigenvalue weighted by Crippen LogP contribution is -2.65. The zero-order valence-electron chi connectivity index (χ0n) is 39.1. The first-order valence-corrected chi connectivity index (χ1v) is 24.5. The Morgan fingerprint density at radius 3 is 2.07 bits per heavy atom. The van der Waals surface area contributed by atoms with Crippen molar-refractivity contribution < 1.29 is 29.0 Å². The van der Waals surface area contributed by atoms with Gasteiger partial charge in [0, 0.05) is 24.8 Å². The summed E-state index contributed by atoms with van der Waals surface area (Å²) in [6.45, 7) is 21.7. The molecule has 4 fully saturated rings. The summed E-state index contributed by atoms with van der Waals surface area (Å²) < 4.78 is 6.41. The second kappa shape index (κ2) is 19.3. The van der Waals surface area contributed by atoms with Crippen molar-refractivity contribution >= 4 is 23.8 Å². The zero-order chi connectivity index (χ0) is 43.3. The molecule has 59 heavy (non-hydrogen) atoms. The van der Waals surface area contributed by atoms with E-state index in [-0.39, 0.29) is 62.3 Å². The third-order valence-corrected chi connectivity index (χ3v) is 17.9. The van der Waals surface area contributed by atoms with Crippen molar-refractivity contribution in [3.63, 3.8) is 0 Å². The van der Waals surface area contributed by atoms with Crippen LogP contribution in [0.1, 0.15) is 216 Å². The highest BCUT2D eigenvalue weighted by Gasteiger charge is 2.69. The Bertz CT molecular complexity index is 1520. The van der Waals surface area contributed by atoms with Crippen molar-refractivity contribution in [2.24, 2.45) is 50.2 Å². The molecule has 2 amide bonds. The summed E-state index contributed by atoms with van der Waals surface area (Å²) in [6, 6.07) is -0.887. The molecule has 0 aromatic carbocycles. The van der Waals surface area contributed by atoms with Crippen LogP contribution >= 0.6 is 0 Å². The maximum absolute atomic E-state index is 14.5. The average molecular weight is 823 g/mol. The van der Waals surface area contributed by atoms with Gasteiger partial charge in [0.05, 0.1) is 5.41 Å². The lowest BCUT2D eigenvalue weighted by Gasteiger charge is -2.71. The van der Waals surface area contributed by atoms with Gasteiger partial charge < -0.3 is 20.5 Å². The van der Waals surface area contributed by atoms with Crippen LogP contribution in [-0.4, -0.2) is 47.6 Å². The molecule has 0 heterocycles. The molecule has 0 unspecified atom stereocenters. The van der Waals surface area contributed by atoms with Crippen molar-refractivity contribution in [1.29, 1.82) is 0 Å². The van der Waals surface area contributed by atoms with Gasteiger partial charge in [0.1, 0.15) is 12.1 Å². The van der Waals surface area contributed by atoms with Gasteiger partial charge in [0.25, 0.3) is 0 Å². The molecule has 5 aliphatic rings. The van der Waals surface area contributed by atoms with Crippen LogP contribution in [0.15, 0.2) is 11.6 Å². The number of hydrogen-bond donors (Lipinski definition) is 3. The van der Waals surface area contributed by atoms with Crippen molar-refractivity contribution in [3.05, 3.63) is 11.6 Å². The number of carboxylic acids is 1. The second-order valence-electron chi connectivity index (χ2n) is 22.5. The number of carboxylic acid groups (broad SMARTS) is 1. The summed E-state index contributed by atoms with van der Waals surface area (Å²) in [5, 5.41) is 15.0. The van der Waals surface area contributed by atoms with Crippen molar-refractivity contribution in [2.45, 2.75) is 229 Å². The number of carbonyl (C=O) groups excluding carboxylic acids is 3. The minimum atomic E-state index is -1.03. The van der Waals surface area contributed by atoms with Gasteiger partial charge in [-0.2, -0.15) is 0 Å². The summed E-state index contributed by atoms with van der Waals surface area (Å²) in [6.07, 6.45) is 27.4. The van der Waals surface area contributed by atoms with E-state index in [1.54, 1.807) is 5.57 Å². The minimum absolute atomic E-state index is 0.00634. The smallest absolute Gasteiger partial charge is 0.325 e. The van der Waals surface area contributed by atoms with Crippen LogP contribution in [0.4, 0.5) is 0 Å². The summed E-state index contributed by atoms with van der Waals surface area (Å²) in [4.78, 5) is 50.9.